The van der Waals surface area contributed by atoms with Gasteiger partial charge in [-0.15, -0.1) is 0 Å². The molecule has 0 fully saturated rings. The van der Waals surface area contributed by atoms with Crippen molar-refractivity contribution in [3.8, 4) is 0 Å². The summed E-state index contributed by atoms with van der Waals surface area (Å²) in [7, 11) is 0. The molecule has 3 rings (SSSR count). The maximum atomic E-state index is 12.9. The smallest absolute Gasteiger partial charge is 0.234 e. The molecule has 3 heteroatoms. The molecule has 1 aliphatic rings. The van der Waals surface area contributed by atoms with E-state index in [1.807, 2.05) is 69.4 Å². The van der Waals surface area contributed by atoms with Gasteiger partial charge in [0.1, 0.15) is 0 Å². The third-order valence-corrected chi connectivity index (χ3v) is 4.55. The molecule has 0 saturated heterocycles. The molecule has 122 valence electrons. The van der Waals surface area contributed by atoms with Crippen LogP contribution in [0.25, 0.3) is 11.8 Å². The lowest BCUT2D eigenvalue weighted by Gasteiger charge is -2.25. The van der Waals surface area contributed by atoms with Gasteiger partial charge < -0.3 is 10.6 Å². The van der Waals surface area contributed by atoms with Crippen LogP contribution in [0.3, 0.4) is 0 Å². The predicted molar refractivity (Wildman–Crippen MR) is 100 cm³/mol. The van der Waals surface area contributed by atoms with Gasteiger partial charge in [-0.1, -0.05) is 36.9 Å². The minimum atomic E-state index is -0.607. The molecule has 1 aliphatic heterocycles. The highest BCUT2D eigenvalue weighted by Gasteiger charge is 2.30. The molecule has 0 aliphatic carbocycles. The van der Waals surface area contributed by atoms with Gasteiger partial charge in [-0.3, -0.25) is 4.79 Å². The van der Waals surface area contributed by atoms with Crippen molar-refractivity contribution in [2.24, 2.45) is 0 Å². The Bertz CT molecular complexity index is 832. The number of nitrogens with one attached hydrogen (secondary N) is 2. The minimum absolute atomic E-state index is 0.0199. The first-order valence-corrected chi connectivity index (χ1v) is 8.03. The Morgan fingerprint density at radius 3 is 2.58 bits per heavy atom. The van der Waals surface area contributed by atoms with Gasteiger partial charge in [-0.25, -0.2) is 0 Å². The molecule has 0 atom stereocenters. The predicted octanol–water partition coefficient (Wildman–Crippen LogP) is 4.46. The van der Waals surface area contributed by atoms with Crippen molar-refractivity contribution in [2.75, 3.05) is 5.32 Å². The van der Waals surface area contributed by atoms with E-state index in [4.69, 9.17) is 0 Å². The van der Waals surface area contributed by atoms with E-state index in [1.54, 1.807) is 0 Å². The number of carbonyl (C=O) groups is 1. The second-order valence-electron chi connectivity index (χ2n) is 6.66. The number of rotatable bonds is 3. The summed E-state index contributed by atoms with van der Waals surface area (Å²) >= 11 is 0. The highest BCUT2D eigenvalue weighted by Crippen LogP contribution is 2.30. The lowest BCUT2D eigenvalue weighted by Crippen LogP contribution is -2.35. The van der Waals surface area contributed by atoms with E-state index in [9.17, 15) is 4.79 Å². The van der Waals surface area contributed by atoms with Gasteiger partial charge in [0, 0.05) is 23.1 Å². The minimum Gasteiger partial charge on any atom is -0.362 e. The number of fused-ring (bicyclic) bond motifs is 1. The van der Waals surface area contributed by atoms with Gasteiger partial charge in [0.25, 0.3) is 0 Å². The van der Waals surface area contributed by atoms with Crippen molar-refractivity contribution in [3.63, 3.8) is 0 Å². The van der Waals surface area contributed by atoms with Crippen molar-refractivity contribution in [2.45, 2.75) is 26.2 Å². The second-order valence-corrected chi connectivity index (χ2v) is 6.66. The number of benzene rings is 2. The molecule has 2 aromatic rings. The highest BCUT2D eigenvalue weighted by molar-refractivity contribution is 5.99. The fourth-order valence-corrected chi connectivity index (χ4v) is 2.83. The monoisotopic (exact) mass is 318 g/mol. The average molecular weight is 318 g/mol. The highest BCUT2D eigenvalue weighted by atomic mass is 16.2. The third-order valence-electron chi connectivity index (χ3n) is 4.55. The van der Waals surface area contributed by atoms with Crippen molar-refractivity contribution >= 4 is 23.4 Å². The van der Waals surface area contributed by atoms with Crippen molar-refractivity contribution in [3.05, 3.63) is 77.5 Å². The van der Waals surface area contributed by atoms with Crippen LogP contribution in [0.1, 0.15) is 36.1 Å². The molecule has 2 aromatic carbocycles. The molecule has 0 radical (unpaired) electrons. The van der Waals surface area contributed by atoms with Crippen LogP contribution in [-0.2, 0) is 10.2 Å². The first-order valence-electron chi connectivity index (χ1n) is 8.03. The molecular weight excluding hydrogens is 296 g/mol. The van der Waals surface area contributed by atoms with Crippen molar-refractivity contribution in [1.82, 2.24) is 5.32 Å². The Morgan fingerprint density at radius 2 is 1.88 bits per heavy atom. The summed E-state index contributed by atoms with van der Waals surface area (Å²) in [4.78, 5) is 12.9. The van der Waals surface area contributed by atoms with E-state index in [1.165, 1.54) is 0 Å². The Labute approximate surface area is 143 Å². The molecule has 2 N–H and O–H groups in total. The van der Waals surface area contributed by atoms with Crippen LogP contribution in [0.5, 0.6) is 0 Å². The van der Waals surface area contributed by atoms with E-state index in [-0.39, 0.29) is 5.91 Å². The first-order chi connectivity index (χ1) is 11.4. The molecule has 0 bridgehead atoms. The SMILES string of the molecule is C=C1NC=Cc2cc(NC(=O)C(C)(C)c3ccccc3)c(C)cc21. The van der Waals surface area contributed by atoms with Gasteiger partial charge in [0.15, 0.2) is 0 Å². The second kappa shape index (κ2) is 6.00. The molecule has 1 heterocycles. The molecule has 1 amide bonds. The summed E-state index contributed by atoms with van der Waals surface area (Å²) in [5.74, 6) is -0.0199. The first kappa shape index (κ1) is 16.1. The zero-order chi connectivity index (χ0) is 17.3. The Morgan fingerprint density at radius 1 is 1.17 bits per heavy atom. The van der Waals surface area contributed by atoms with Crippen LogP contribution in [-0.4, -0.2) is 5.91 Å². The Hall–Kier alpha value is -2.81. The van der Waals surface area contributed by atoms with E-state index in [2.05, 4.69) is 23.3 Å². The lowest BCUT2D eigenvalue weighted by atomic mass is 9.83. The molecule has 0 spiro atoms. The summed E-state index contributed by atoms with van der Waals surface area (Å²) < 4.78 is 0. The van der Waals surface area contributed by atoms with Crippen LogP contribution in [0.2, 0.25) is 0 Å². The number of carbonyl (C=O) groups excluding carboxylic acids is 1. The Kier molecular flexibility index (Phi) is 4.02. The van der Waals surface area contributed by atoms with E-state index >= 15 is 0 Å². The number of hydrogen-bond donors (Lipinski definition) is 2. The van der Waals surface area contributed by atoms with Gasteiger partial charge in [-0.05, 0) is 55.7 Å². The molecule has 0 saturated carbocycles. The molecule has 0 unspecified atom stereocenters. The third kappa shape index (κ3) is 2.85. The van der Waals surface area contributed by atoms with Crippen LogP contribution in [0, 0.1) is 6.92 Å². The van der Waals surface area contributed by atoms with Crippen LogP contribution in [0.4, 0.5) is 5.69 Å². The summed E-state index contributed by atoms with van der Waals surface area (Å²) in [6.07, 6.45) is 3.85. The number of anilines is 1. The maximum Gasteiger partial charge on any atom is 0.234 e. The Balaban J connectivity index is 1.90. The largest absolute Gasteiger partial charge is 0.362 e. The topological polar surface area (TPSA) is 41.1 Å². The van der Waals surface area contributed by atoms with Crippen LogP contribution >= 0.6 is 0 Å². The fraction of sp³-hybridized carbons (Fsp3) is 0.190. The van der Waals surface area contributed by atoms with Crippen LogP contribution < -0.4 is 10.6 Å². The summed E-state index contributed by atoms with van der Waals surface area (Å²) in [6.45, 7) is 9.90. The molecule has 0 aromatic heterocycles. The zero-order valence-electron chi connectivity index (χ0n) is 14.3. The molecule has 24 heavy (non-hydrogen) atoms. The quantitative estimate of drug-likeness (QED) is 0.877. The van der Waals surface area contributed by atoms with E-state index in [0.717, 1.165) is 33.6 Å². The standard InChI is InChI=1S/C21H22N2O/c1-14-12-18-15(2)22-11-10-16(18)13-19(14)23-20(24)21(3,4)17-8-6-5-7-9-17/h5-13,22H,2H2,1,3-4H3,(H,23,24). The number of hydrogen-bond acceptors (Lipinski definition) is 2. The lowest BCUT2D eigenvalue weighted by molar-refractivity contribution is -0.120. The fourth-order valence-electron chi connectivity index (χ4n) is 2.83. The molecular formula is C21H22N2O. The number of amides is 1. The van der Waals surface area contributed by atoms with Gasteiger partial charge in [0.05, 0.1) is 5.41 Å². The average Bonchev–Trinajstić information content (AvgIpc) is 2.57. The summed E-state index contributed by atoms with van der Waals surface area (Å²) in [5, 5.41) is 6.20. The van der Waals surface area contributed by atoms with Gasteiger partial charge in [0.2, 0.25) is 5.91 Å². The van der Waals surface area contributed by atoms with Gasteiger partial charge in [-0.2, -0.15) is 0 Å². The van der Waals surface area contributed by atoms with Crippen LogP contribution in [0.15, 0.2) is 55.2 Å². The van der Waals surface area contributed by atoms with E-state index < -0.39 is 5.41 Å². The van der Waals surface area contributed by atoms with Crippen molar-refractivity contribution < 1.29 is 4.79 Å². The summed E-state index contributed by atoms with van der Waals surface area (Å²) in [5.41, 5.74) is 5.23. The van der Waals surface area contributed by atoms with Crippen molar-refractivity contribution in [1.29, 1.82) is 0 Å². The molecule has 3 nitrogen and oxygen atoms in total. The zero-order valence-corrected chi connectivity index (χ0v) is 14.3. The maximum absolute atomic E-state index is 12.9. The normalized spacial score (nSPS) is 13.2. The van der Waals surface area contributed by atoms with E-state index in [0.29, 0.717) is 0 Å². The summed E-state index contributed by atoms with van der Waals surface area (Å²) in [6, 6.07) is 13.9. The number of aryl methyl sites for hydroxylation is 1. The van der Waals surface area contributed by atoms with Gasteiger partial charge >= 0.3 is 0 Å².